The topological polar surface area (TPSA) is 16.4 Å². The maximum absolute atomic E-state index is 6.88. The van der Waals surface area contributed by atoms with Crippen LogP contribution >= 0.6 is 0 Å². The molecule has 0 aliphatic heterocycles. The van der Waals surface area contributed by atoms with Crippen LogP contribution in [0, 0.1) is 0 Å². The fraction of sp³-hybridized carbons (Fsp3) is 0. The van der Waals surface area contributed by atoms with E-state index in [1.165, 1.54) is 54.6 Å². The van der Waals surface area contributed by atoms with Gasteiger partial charge in [0.15, 0.2) is 0 Å². The van der Waals surface area contributed by atoms with Crippen molar-refractivity contribution in [3.63, 3.8) is 0 Å². The number of furan rings is 1. The first-order chi connectivity index (χ1) is 27.8. The molecule has 0 saturated heterocycles. The predicted molar refractivity (Wildman–Crippen MR) is 237 cm³/mol. The highest BCUT2D eigenvalue weighted by Crippen LogP contribution is 2.49. The van der Waals surface area contributed by atoms with Crippen molar-refractivity contribution in [2.45, 2.75) is 0 Å². The number of anilines is 3. The fourth-order valence-electron chi connectivity index (χ4n) is 8.59. The summed E-state index contributed by atoms with van der Waals surface area (Å²) in [5, 5.41) is 9.45. The minimum absolute atomic E-state index is 0.867. The molecule has 2 nitrogen and oxygen atoms in total. The number of benzene rings is 10. The zero-order valence-corrected chi connectivity index (χ0v) is 30.6. The molecule has 11 rings (SSSR count). The van der Waals surface area contributed by atoms with Gasteiger partial charge in [-0.05, 0) is 91.1 Å². The van der Waals surface area contributed by atoms with Crippen molar-refractivity contribution in [1.82, 2.24) is 0 Å². The van der Waals surface area contributed by atoms with Crippen LogP contribution in [0.4, 0.5) is 17.1 Å². The molecule has 0 radical (unpaired) electrons. The first-order valence-electron chi connectivity index (χ1n) is 19.2. The molecule has 56 heavy (non-hydrogen) atoms. The number of rotatable bonds is 6. The Bertz CT molecular complexity index is 3230. The summed E-state index contributed by atoms with van der Waals surface area (Å²) in [4.78, 5) is 2.45. The van der Waals surface area contributed by atoms with Crippen molar-refractivity contribution < 1.29 is 4.42 Å². The average Bonchev–Trinajstić information content (AvgIpc) is 3.67. The van der Waals surface area contributed by atoms with E-state index in [2.05, 4.69) is 217 Å². The Morgan fingerprint density at radius 3 is 1.73 bits per heavy atom. The van der Waals surface area contributed by atoms with Crippen molar-refractivity contribution in [3.05, 3.63) is 212 Å². The Morgan fingerprint density at radius 1 is 0.321 bits per heavy atom. The van der Waals surface area contributed by atoms with Crippen LogP contribution in [0.3, 0.4) is 0 Å². The number of nitrogens with zero attached hydrogens (tertiary/aromatic N) is 1. The van der Waals surface area contributed by atoms with Gasteiger partial charge in [0, 0.05) is 22.0 Å². The van der Waals surface area contributed by atoms with E-state index < -0.39 is 0 Å². The molecule has 0 bridgehead atoms. The second-order valence-electron chi connectivity index (χ2n) is 14.4. The fourth-order valence-corrected chi connectivity index (χ4v) is 8.59. The smallest absolute Gasteiger partial charge is 0.145 e. The number of hydrogen-bond donors (Lipinski definition) is 0. The predicted octanol–water partition coefficient (Wildman–Crippen LogP) is 15.5. The van der Waals surface area contributed by atoms with E-state index in [4.69, 9.17) is 4.42 Å². The first kappa shape index (κ1) is 32.0. The van der Waals surface area contributed by atoms with Crippen molar-refractivity contribution in [3.8, 4) is 33.4 Å². The minimum atomic E-state index is 0.867. The Hall–Kier alpha value is -7.42. The molecule has 10 aromatic carbocycles. The average molecular weight is 714 g/mol. The van der Waals surface area contributed by atoms with Crippen molar-refractivity contribution in [2.24, 2.45) is 0 Å². The summed E-state index contributed by atoms with van der Waals surface area (Å²) in [6.07, 6.45) is 0. The summed E-state index contributed by atoms with van der Waals surface area (Å²) in [5.74, 6) is 0. The monoisotopic (exact) mass is 713 g/mol. The lowest BCUT2D eigenvalue weighted by Gasteiger charge is -2.28. The van der Waals surface area contributed by atoms with Gasteiger partial charge >= 0.3 is 0 Å². The maximum Gasteiger partial charge on any atom is 0.145 e. The molecular weight excluding hydrogens is 679 g/mol. The lowest BCUT2D eigenvalue weighted by Crippen LogP contribution is -2.11. The van der Waals surface area contributed by atoms with Crippen LogP contribution in [-0.2, 0) is 0 Å². The van der Waals surface area contributed by atoms with E-state index in [9.17, 15) is 0 Å². The molecule has 0 unspecified atom stereocenters. The molecule has 1 heterocycles. The van der Waals surface area contributed by atoms with Crippen LogP contribution in [0.2, 0.25) is 0 Å². The third-order valence-corrected chi connectivity index (χ3v) is 11.3. The number of hydrogen-bond acceptors (Lipinski definition) is 2. The zero-order valence-electron chi connectivity index (χ0n) is 30.6. The quantitative estimate of drug-likeness (QED) is 0.160. The Labute approximate surface area is 325 Å². The summed E-state index contributed by atoms with van der Waals surface area (Å²) < 4.78 is 6.88. The largest absolute Gasteiger partial charge is 0.455 e. The van der Waals surface area contributed by atoms with Gasteiger partial charge in [-0.3, -0.25) is 0 Å². The van der Waals surface area contributed by atoms with Crippen LogP contribution in [0.1, 0.15) is 0 Å². The number of fused-ring (bicyclic) bond motifs is 7. The minimum Gasteiger partial charge on any atom is -0.455 e. The lowest BCUT2D eigenvalue weighted by molar-refractivity contribution is 0.670. The van der Waals surface area contributed by atoms with Gasteiger partial charge in [-0.2, -0.15) is 0 Å². The zero-order chi connectivity index (χ0) is 37.0. The molecular formula is C54H35NO. The molecule has 11 aromatic rings. The standard InChI is InChI=1S/C54H35NO/c1-3-13-36(14-4-1)37-25-27-40(28-26-37)45-33-34-51(53-48-19-9-10-24-52(48)56-54(45)53)55(42-32-31-41-30-29-39-17-7-8-18-44(39)49(41)35-42)50-23-12-21-46-43(20-11-22-47(46)50)38-15-5-2-6-16-38/h1-35H. The maximum atomic E-state index is 6.88. The summed E-state index contributed by atoms with van der Waals surface area (Å²) in [6.45, 7) is 0. The highest BCUT2D eigenvalue weighted by Gasteiger charge is 2.24. The summed E-state index contributed by atoms with van der Waals surface area (Å²) in [5.41, 5.74) is 12.0. The normalized spacial score (nSPS) is 11.6. The Morgan fingerprint density at radius 2 is 0.911 bits per heavy atom. The number of para-hydroxylation sites is 1. The second kappa shape index (κ2) is 13.2. The SMILES string of the molecule is c1ccc(-c2ccc(-c3ccc(N(c4ccc5ccc6ccccc6c5c4)c4cccc5c(-c6ccccc6)cccc45)c4c3oc3ccccc34)cc2)cc1. The van der Waals surface area contributed by atoms with Crippen molar-refractivity contribution >= 4 is 71.3 Å². The van der Waals surface area contributed by atoms with Gasteiger partial charge in [0.2, 0.25) is 0 Å². The Balaban J connectivity index is 1.19. The first-order valence-corrected chi connectivity index (χ1v) is 19.2. The van der Waals surface area contributed by atoms with Crippen LogP contribution in [0.25, 0.3) is 87.6 Å². The van der Waals surface area contributed by atoms with Gasteiger partial charge in [-0.1, -0.05) is 176 Å². The van der Waals surface area contributed by atoms with Crippen LogP contribution in [0.15, 0.2) is 217 Å². The van der Waals surface area contributed by atoms with Crippen LogP contribution in [-0.4, -0.2) is 0 Å². The molecule has 0 aliphatic carbocycles. The molecule has 0 spiro atoms. The molecule has 0 atom stereocenters. The summed E-state index contributed by atoms with van der Waals surface area (Å²) in [6, 6.07) is 76.4. The third-order valence-electron chi connectivity index (χ3n) is 11.3. The molecule has 0 amide bonds. The third kappa shape index (κ3) is 5.26. The molecule has 0 aliphatic rings. The molecule has 2 heteroatoms. The van der Waals surface area contributed by atoms with E-state index in [1.807, 2.05) is 0 Å². The Kier molecular flexibility index (Phi) is 7.53. The summed E-state index contributed by atoms with van der Waals surface area (Å²) in [7, 11) is 0. The second-order valence-corrected chi connectivity index (χ2v) is 14.4. The van der Waals surface area contributed by atoms with Crippen molar-refractivity contribution in [2.75, 3.05) is 4.90 Å². The van der Waals surface area contributed by atoms with E-state index >= 15 is 0 Å². The highest BCUT2D eigenvalue weighted by atomic mass is 16.3. The highest BCUT2D eigenvalue weighted by molar-refractivity contribution is 6.19. The molecule has 1 aromatic heterocycles. The molecule has 0 saturated carbocycles. The van der Waals surface area contributed by atoms with Gasteiger partial charge < -0.3 is 9.32 Å². The lowest BCUT2D eigenvalue weighted by atomic mass is 9.95. The van der Waals surface area contributed by atoms with Crippen LogP contribution in [0.5, 0.6) is 0 Å². The van der Waals surface area contributed by atoms with E-state index in [0.29, 0.717) is 0 Å². The van der Waals surface area contributed by atoms with Gasteiger partial charge in [0.1, 0.15) is 11.2 Å². The van der Waals surface area contributed by atoms with Gasteiger partial charge in [-0.15, -0.1) is 0 Å². The van der Waals surface area contributed by atoms with E-state index in [0.717, 1.165) is 50.1 Å². The van der Waals surface area contributed by atoms with E-state index in [1.54, 1.807) is 0 Å². The van der Waals surface area contributed by atoms with Gasteiger partial charge in [-0.25, -0.2) is 0 Å². The molecule has 0 N–H and O–H groups in total. The summed E-state index contributed by atoms with van der Waals surface area (Å²) >= 11 is 0. The van der Waals surface area contributed by atoms with E-state index in [-0.39, 0.29) is 0 Å². The van der Waals surface area contributed by atoms with Gasteiger partial charge in [0.25, 0.3) is 0 Å². The molecule has 262 valence electrons. The van der Waals surface area contributed by atoms with Crippen LogP contribution < -0.4 is 4.90 Å². The van der Waals surface area contributed by atoms with Gasteiger partial charge in [0.05, 0.1) is 16.8 Å². The van der Waals surface area contributed by atoms with Crippen molar-refractivity contribution in [1.29, 1.82) is 0 Å². The molecule has 0 fully saturated rings.